The molecule has 8 nitrogen and oxygen atoms in total. The quantitative estimate of drug-likeness (QED) is 0.563. The van der Waals surface area contributed by atoms with E-state index in [2.05, 4.69) is 5.32 Å². The van der Waals surface area contributed by atoms with E-state index in [9.17, 15) is 23.1 Å². The van der Waals surface area contributed by atoms with Crippen LogP contribution in [0, 0.1) is 20.8 Å². The van der Waals surface area contributed by atoms with Crippen molar-refractivity contribution < 1.29 is 27.9 Å². The highest BCUT2D eigenvalue weighted by atomic mass is 32.2. The van der Waals surface area contributed by atoms with Crippen LogP contribution in [0.15, 0.2) is 47.4 Å². The number of hydrogen-bond donors (Lipinski definition) is 2. The lowest BCUT2D eigenvalue weighted by Gasteiger charge is -2.22. The lowest BCUT2D eigenvalue weighted by molar-refractivity contribution is -0.151. The number of amides is 1. The van der Waals surface area contributed by atoms with Crippen molar-refractivity contribution in [1.29, 1.82) is 0 Å². The summed E-state index contributed by atoms with van der Waals surface area (Å²) < 4.78 is 32.3. The highest BCUT2D eigenvalue weighted by Crippen LogP contribution is 2.28. The van der Waals surface area contributed by atoms with Crippen molar-refractivity contribution in [1.82, 2.24) is 9.62 Å². The summed E-state index contributed by atoms with van der Waals surface area (Å²) in [6.07, 6.45) is -0.437. The molecule has 0 radical (unpaired) electrons. The Morgan fingerprint density at radius 1 is 1.09 bits per heavy atom. The van der Waals surface area contributed by atoms with Crippen molar-refractivity contribution in [2.45, 2.75) is 50.7 Å². The summed E-state index contributed by atoms with van der Waals surface area (Å²) >= 11 is 0. The van der Waals surface area contributed by atoms with E-state index in [1.165, 1.54) is 6.07 Å². The molecule has 33 heavy (non-hydrogen) atoms. The van der Waals surface area contributed by atoms with Crippen LogP contribution in [0.25, 0.3) is 0 Å². The molecule has 1 amide bonds. The van der Waals surface area contributed by atoms with E-state index < -0.39 is 40.7 Å². The Balaban J connectivity index is 1.58. The van der Waals surface area contributed by atoms with Gasteiger partial charge in [-0.1, -0.05) is 30.3 Å². The number of sulfonamides is 1. The van der Waals surface area contributed by atoms with Crippen molar-refractivity contribution in [3.8, 4) is 0 Å². The molecule has 0 aromatic heterocycles. The fraction of sp³-hybridized carbons (Fsp3) is 0.417. The van der Waals surface area contributed by atoms with Gasteiger partial charge in [0.1, 0.15) is 6.04 Å². The second-order valence-corrected chi connectivity index (χ2v) is 10.3. The Labute approximate surface area is 194 Å². The normalized spacial score (nSPS) is 18.8. The number of nitrogens with zero attached hydrogens (tertiary/aromatic N) is 1. The van der Waals surface area contributed by atoms with Gasteiger partial charge in [-0.05, 0) is 61.6 Å². The summed E-state index contributed by atoms with van der Waals surface area (Å²) in [5.41, 5.74) is 3.99. The summed E-state index contributed by atoms with van der Waals surface area (Å²) in [5, 5.41) is 12.8. The van der Waals surface area contributed by atoms with Gasteiger partial charge in [0.2, 0.25) is 10.0 Å². The van der Waals surface area contributed by atoms with Crippen LogP contribution in [-0.4, -0.2) is 61.5 Å². The van der Waals surface area contributed by atoms with E-state index >= 15 is 0 Å². The molecule has 2 N–H and O–H groups in total. The van der Waals surface area contributed by atoms with Crippen LogP contribution in [0.5, 0.6) is 0 Å². The van der Waals surface area contributed by atoms with Gasteiger partial charge < -0.3 is 15.2 Å². The Hall–Kier alpha value is -2.75. The first kappa shape index (κ1) is 24.9. The van der Waals surface area contributed by atoms with Gasteiger partial charge >= 0.3 is 5.97 Å². The summed E-state index contributed by atoms with van der Waals surface area (Å²) in [5.74, 6) is -1.33. The van der Waals surface area contributed by atoms with Crippen molar-refractivity contribution in [2.75, 3.05) is 19.7 Å². The highest BCUT2D eigenvalue weighted by molar-refractivity contribution is 7.89. The summed E-state index contributed by atoms with van der Waals surface area (Å²) in [4.78, 5) is 24.8. The molecule has 9 heteroatoms. The predicted octanol–water partition coefficient (Wildman–Crippen LogP) is 1.64. The lowest BCUT2D eigenvalue weighted by Crippen LogP contribution is -2.42. The van der Waals surface area contributed by atoms with Crippen LogP contribution in [0.3, 0.4) is 0 Å². The minimum atomic E-state index is -4.02. The van der Waals surface area contributed by atoms with Gasteiger partial charge in [-0.3, -0.25) is 9.59 Å². The Morgan fingerprint density at radius 3 is 2.52 bits per heavy atom. The molecule has 1 aliphatic heterocycles. The van der Waals surface area contributed by atoms with E-state index in [-0.39, 0.29) is 17.9 Å². The summed E-state index contributed by atoms with van der Waals surface area (Å²) in [6, 6.07) is 11.4. The number of aliphatic hydroxyl groups excluding tert-OH is 1. The lowest BCUT2D eigenvalue weighted by atomic mass is 10.1. The van der Waals surface area contributed by atoms with Crippen LogP contribution in [0.4, 0.5) is 0 Å². The summed E-state index contributed by atoms with van der Waals surface area (Å²) in [6.45, 7) is 5.33. The van der Waals surface area contributed by atoms with Gasteiger partial charge in [0.05, 0.1) is 11.0 Å². The molecule has 1 heterocycles. The number of β-amino-alcohol motifs (C(OH)–C–C–N with tert-alkyl or cyclic N) is 1. The van der Waals surface area contributed by atoms with Gasteiger partial charge in [0.25, 0.3) is 5.91 Å². The molecular formula is C24H30N2O6S. The van der Waals surface area contributed by atoms with Crippen molar-refractivity contribution in [2.24, 2.45) is 0 Å². The van der Waals surface area contributed by atoms with Gasteiger partial charge in [-0.25, -0.2) is 8.42 Å². The largest absolute Gasteiger partial charge is 0.454 e. The topological polar surface area (TPSA) is 113 Å². The zero-order chi connectivity index (χ0) is 24.2. The molecule has 2 aromatic rings. The molecule has 0 spiro atoms. The van der Waals surface area contributed by atoms with Crippen LogP contribution in [-0.2, 0) is 30.8 Å². The zero-order valence-corrected chi connectivity index (χ0v) is 19.9. The maximum Gasteiger partial charge on any atom is 0.325 e. The van der Waals surface area contributed by atoms with Gasteiger partial charge in [-0.2, -0.15) is 4.31 Å². The van der Waals surface area contributed by atoms with Gasteiger partial charge in [0.15, 0.2) is 6.61 Å². The molecule has 2 aromatic carbocycles. The average Bonchev–Trinajstić information content (AvgIpc) is 3.18. The maximum absolute atomic E-state index is 13.1. The molecule has 1 fully saturated rings. The van der Waals surface area contributed by atoms with Crippen LogP contribution in [0.1, 0.15) is 28.7 Å². The third-order valence-electron chi connectivity index (χ3n) is 5.91. The molecule has 178 valence electrons. The van der Waals surface area contributed by atoms with Gasteiger partial charge in [-0.15, -0.1) is 0 Å². The van der Waals surface area contributed by atoms with Gasteiger partial charge in [0, 0.05) is 19.5 Å². The fourth-order valence-corrected chi connectivity index (χ4v) is 5.50. The Kier molecular flexibility index (Phi) is 7.88. The number of hydrogen-bond acceptors (Lipinski definition) is 6. The molecule has 1 aliphatic rings. The molecule has 2 atom stereocenters. The van der Waals surface area contributed by atoms with Crippen LogP contribution in [0.2, 0.25) is 0 Å². The third kappa shape index (κ3) is 5.98. The number of carbonyl (C=O) groups is 2. The van der Waals surface area contributed by atoms with E-state index in [4.69, 9.17) is 4.74 Å². The SMILES string of the molecule is Cc1ccc(S(=O)(=O)N2CC(O)C[C@H]2C(=O)OCC(=O)NCCc2ccccc2C)cc1C. The number of nitrogens with one attached hydrogen (secondary N) is 1. The Bertz CT molecular complexity index is 1130. The van der Waals surface area contributed by atoms with E-state index in [0.717, 1.165) is 26.6 Å². The fourth-order valence-electron chi connectivity index (χ4n) is 3.79. The molecule has 0 saturated carbocycles. The van der Waals surface area contributed by atoms with Crippen molar-refractivity contribution in [3.05, 3.63) is 64.7 Å². The number of aryl methyl sites for hydroxylation is 3. The van der Waals surface area contributed by atoms with E-state index in [0.29, 0.717) is 13.0 Å². The first-order valence-corrected chi connectivity index (χ1v) is 12.3. The third-order valence-corrected chi connectivity index (χ3v) is 7.78. The smallest absolute Gasteiger partial charge is 0.325 e. The Morgan fingerprint density at radius 2 is 1.82 bits per heavy atom. The van der Waals surface area contributed by atoms with Crippen LogP contribution >= 0.6 is 0 Å². The first-order valence-electron chi connectivity index (χ1n) is 10.8. The second kappa shape index (κ2) is 10.5. The van der Waals surface area contributed by atoms with Crippen molar-refractivity contribution in [3.63, 3.8) is 0 Å². The number of ether oxygens (including phenoxy) is 1. The number of aliphatic hydroxyl groups is 1. The molecule has 0 bridgehead atoms. The molecule has 1 saturated heterocycles. The second-order valence-electron chi connectivity index (χ2n) is 8.36. The minimum absolute atomic E-state index is 0.0476. The molecule has 0 aliphatic carbocycles. The number of benzene rings is 2. The van der Waals surface area contributed by atoms with E-state index in [1.54, 1.807) is 19.1 Å². The summed E-state index contributed by atoms with van der Waals surface area (Å²) in [7, 11) is -4.02. The number of carbonyl (C=O) groups excluding carboxylic acids is 2. The van der Waals surface area contributed by atoms with Crippen LogP contribution < -0.4 is 5.32 Å². The highest BCUT2D eigenvalue weighted by Gasteiger charge is 2.44. The predicted molar refractivity (Wildman–Crippen MR) is 123 cm³/mol. The zero-order valence-electron chi connectivity index (χ0n) is 19.1. The first-order chi connectivity index (χ1) is 15.6. The molecule has 1 unspecified atom stereocenters. The maximum atomic E-state index is 13.1. The minimum Gasteiger partial charge on any atom is -0.454 e. The molecule has 3 rings (SSSR count). The van der Waals surface area contributed by atoms with Crippen molar-refractivity contribution >= 4 is 21.9 Å². The van der Waals surface area contributed by atoms with E-state index in [1.807, 2.05) is 38.1 Å². The standard InChI is InChI=1S/C24H30N2O6S/c1-16-8-9-21(12-18(16)3)33(30,31)26-14-20(27)13-22(26)24(29)32-15-23(28)25-11-10-19-7-5-4-6-17(19)2/h4-9,12,20,22,27H,10-11,13-15H2,1-3H3,(H,25,28)/t20?,22-/m0/s1. The number of esters is 1. The monoisotopic (exact) mass is 474 g/mol. The number of rotatable bonds is 8. The average molecular weight is 475 g/mol. The molecular weight excluding hydrogens is 444 g/mol.